The predicted molar refractivity (Wildman–Crippen MR) is 47.1 cm³/mol. The summed E-state index contributed by atoms with van der Waals surface area (Å²) in [6, 6.07) is 2.42. The normalized spacial score (nSPS) is 46.2. The quantitative estimate of drug-likeness (QED) is 0.483. The first kappa shape index (κ1) is 7.36. The lowest BCUT2D eigenvalue weighted by molar-refractivity contribution is 0.422. The molecular formula is C9H10BrN. The van der Waals surface area contributed by atoms with Gasteiger partial charge in [0.1, 0.15) is 0 Å². The van der Waals surface area contributed by atoms with Crippen molar-refractivity contribution in [3.8, 4) is 6.07 Å². The fourth-order valence-electron chi connectivity index (χ4n) is 2.33. The van der Waals surface area contributed by atoms with E-state index in [0.29, 0.717) is 17.8 Å². The molecule has 1 fully saturated rings. The Morgan fingerprint density at radius 2 is 2.18 bits per heavy atom. The highest BCUT2D eigenvalue weighted by Gasteiger charge is 2.43. The van der Waals surface area contributed by atoms with Gasteiger partial charge in [-0.3, -0.25) is 0 Å². The van der Waals surface area contributed by atoms with E-state index in [4.69, 9.17) is 5.26 Å². The maximum Gasteiger partial charge on any atom is 0.0665 e. The molecule has 0 N–H and O–H groups in total. The highest BCUT2D eigenvalue weighted by atomic mass is 79.9. The largest absolute Gasteiger partial charge is 0.198 e. The number of allylic oxidation sites excluding steroid dienone is 2. The Labute approximate surface area is 75.2 Å². The molecular weight excluding hydrogens is 202 g/mol. The fraction of sp³-hybridized carbons (Fsp3) is 0.667. The number of nitriles is 1. The molecule has 2 bridgehead atoms. The van der Waals surface area contributed by atoms with Crippen molar-refractivity contribution in [2.24, 2.45) is 23.7 Å². The minimum atomic E-state index is 0.282. The van der Waals surface area contributed by atoms with Crippen LogP contribution in [0, 0.1) is 35.0 Å². The van der Waals surface area contributed by atoms with Gasteiger partial charge < -0.3 is 0 Å². The van der Waals surface area contributed by atoms with Crippen LogP contribution in [-0.4, -0.2) is 5.33 Å². The summed E-state index contributed by atoms with van der Waals surface area (Å²) in [5.41, 5.74) is 0. The van der Waals surface area contributed by atoms with Gasteiger partial charge in [0.2, 0.25) is 0 Å². The Balaban J connectivity index is 2.23. The molecule has 1 saturated carbocycles. The Kier molecular flexibility index (Phi) is 1.77. The van der Waals surface area contributed by atoms with Crippen molar-refractivity contribution < 1.29 is 0 Å². The van der Waals surface area contributed by atoms with Crippen molar-refractivity contribution >= 4 is 15.9 Å². The van der Waals surface area contributed by atoms with E-state index in [1.165, 1.54) is 6.42 Å². The van der Waals surface area contributed by atoms with Crippen molar-refractivity contribution in [2.75, 3.05) is 5.33 Å². The van der Waals surface area contributed by atoms with Crippen molar-refractivity contribution in [1.29, 1.82) is 5.26 Å². The van der Waals surface area contributed by atoms with E-state index >= 15 is 0 Å². The molecule has 1 nitrogen and oxygen atoms in total. The number of rotatable bonds is 1. The van der Waals surface area contributed by atoms with Crippen LogP contribution in [0.2, 0.25) is 0 Å². The number of fused-ring (bicyclic) bond motifs is 2. The summed E-state index contributed by atoms with van der Waals surface area (Å²) in [5.74, 6) is 2.11. The molecule has 2 aliphatic rings. The number of halogens is 1. The number of alkyl halides is 1. The van der Waals surface area contributed by atoms with E-state index < -0.39 is 0 Å². The molecule has 2 heteroatoms. The molecule has 0 saturated heterocycles. The molecule has 0 radical (unpaired) electrons. The van der Waals surface area contributed by atoms with Crippen molar-refractivity contribution in [3.05, 3.63) is 12.2 Å². The molecule has 0 heterocycles. The molecule has 0 aliphatic heterocycles. The van der Waals surface area contributed by atoms with E-state index in [0.717, 1.165) is 5.33 Å². The molecule has 0 aromatic carbocycles. The van der Waals surface area contributed by atoms with E-state index in [-0.39, 0.29) is 5.92 Å². The van der Waals surface area contributed by atoms with Crippen LogP contribution in [0.3, 0.4) is 0 Å². The smallest absolute Gasteiger partial charge is 0.0665 e. The van der Waals surface area contributed by atoms with Gasteiger partial charge in [-0.1, -0.05) is 28.1 Å². The van der Waals surface area contributed by atoms with E-state index in [1.54, 1.807) is 0 Å². The molecule has 2 rings (SSSR count). The molecule has 0 aromatic heterocycles. The summed E-state index contributed by atoms with van der Waals surface area (Å²) in [6.07, 6.45) is 5.72. The van der Waals surface area contributed by atoms with Crippen molar-refractivity contribution in [3.63, 3.8) is 0 Å². The number of nitrogens with zero attached hydrogens (tertiary/aromatic N) is 1. The second-order valence-electron chi connectivity index (χ2n) is 3.42. The Morgan fingerprint density at radius 1 is 1.45 bits per heavy atom. The zero-order chi connectivity index (χ0) is 7.84. The van der Waals surface area contributed by atoms with Gasteiger partial charge in [0, 0.05) is 5.33 Å². The minimum Gasteiger partial charge on any atom is -0.198 e. The molecule has 4 atom stereocenters. The molecule has 0 aromatic rings. The monoisotopic (exact) mass is 211 g/mol. The predicted octanol–water partition coefficient (Wildman–Crippen LogP) is 2.34. The van der Waals surface area contributed by atoms with Gasteiger partial charge in [-0.05, 0) is 24.2 Å². The molecule has 4 unspecified atom stereocenters. The van der Waals surface area contributed by atoms with Crippen LogP contribution in [0.4, 0.5) is 0 Å². The Morgan fingerprint density at radius 3 is 2.73 bits per heavy atom. The lowest BCUT2D eigenvalue weighted by atomic mass is 9.86. The van der Waals surface area contributed by atoms with Gasteiger partial charge in [-0.2, -0.15) is 5.26 Å². The van der Waals surface area contributed by atoms with Crippen LogP contribution in [-0.2, 0) is 0 Å². The lowest BCUT2D eigenvalue weighted by Crippen LogP contribution is -2.18. The summed E-state index contributed by atoms with van der Waals surface area (Å²) in [7, 11) is 0. The summed E-state index contributed by atoms with van der Waals surface area (Å²) in [5, 5.41) is 9.87. The lowest BCUT2D eigenvalue weighted by Gasteiger charge is -2.19. The molecule has 2 aliphatic carbocycles. The second kappa shape index (κ2) is 2.64. The molecule has 0 spiro atoms. The van der Waals surface area contributed by atoms with Crippen LogP contribution >= 0.6 is 15.9 Å². The molecule has 58 valence electrons. The summed E-state index contributed by atoms with van der Waals surface area (Å²) in [6.45, 7) is 0. The zero-order valence-electron chi connectivity index (χ0n) is 6.20. The summed E-state index contributed by atoms with van der Waals surface area (Å²) < 4.78 is 0. The van der Waals surface area contributed by atoms with Gasteiger partial charge in [-0.15, -0.1) is 0 Å². The standard InChI is InChI=1S/C9H10BrN/c10-4-8-6-1-2-7(3-6)9(8)5-11/h1-2,6-9H,3-4H2. The third kappa shape index (κ3) is 0.945. The van der Waals surface area contributed by atoms with Gasteiger partial charge in [0.05, 0.1) is 12.0 Å². The second-order valence-corrected chi connectivity index (χ2v) is 4.07. The first-order valence-electron chi connectivity index (χ1n) is 4.00. The fourth-order valence-corrected chi connectivity index (χ4v) is 3.21. The van der Waals surface area contributed by atoms with Crippen LogP contribution in [0.5, 0.6) is 0 Å². The zero-order valence-corrected chi connectivity index (χ0v) is 7.79. The molecule has 11 heavy (non-hydrogen) atoms. The van der Waals surface area contributed by atoms with Crippen LogP contribution in [0.25, 0.3) is 0 Å². The van der Waals surface area contributed by atoms with Gasteiger partial charge in [0.15, 0.2) is 0 Å². The van der Waals surface area contributed by atoms with Gasteiger partial charge in [-0.25, -0.2) is 0 Å². The van der Waals surface area contributed by atoms with Gasteiger partial charge in [0.25, 0.3) is 0 Å². The first-order chi connectivity index (χ1) is 5.36. The van der Waals surface area contributed by atoms with Crippen LogP contribution in [0.1, 0.15) is 6.42 Å². The van der Waals surface area contributed by atoms with Crippen molar-refractivity contribution in [1.82, 2.24) is 0 Å². The third-order valence-electron chi connectivity index (χ3n) is 2.95. The Bertz CT molecular complexity index is 228. The molecule has 0 amide bonds. The van der Waals surface area contributed by atoms with E-state index in [2.05, 4.69) is 34.2 Å². The summed E-state index contributed by atoms with van der Waals surface area (Å²) in [4.78, 5) is 0. The maximum absolute atomic E-state index is 8.88. The van der Waals surface area contributed by atoms with Crippen molar-refractivity contribution in [2.45, 2.75) is 6.42 Å². The average Bonchev–Trinajstić information content (AvgIpc) is 2.60. The highest BCUT2D eigenvalue weighted by Crippen LogP contribution is 2.48. The topological polar surface area (TPSA) is 23.8 Å². The van der Waals surface area contributed by atoms with Crippen LogP contribution < -0.4 is 0 Å². The van der Waals surface area contributed by atoms with Gasteiger partial charge >= 0.3 is 0 Å². The first-order valence-corrected chi connectivity index (χ1v) is 5.13. The minimum absolute atomic E-state index is 0.282. The Hall–Kier alpha value is -0.290. The number of hydrogen-bond acceptors (Lipinski definition) is 1. The highest BCUT2D eigenvalue weighted by molar-refractivity contribution is 9.09. The van der Waals surface area contributed by atoms with E-state index in [9.17, 15) is 0 Å². The maximum atomic E-state index is 8.88. The van der Waals surface area contributed by atoms with Crippen LogP contribution in [0.15, 0.2) is 12.2 Å². The number of hydrogen-bond donors (Lipinski definition) is 0. The third-order valence-corrected chi connectivity index (χ3v) is 3.70. The SMILES string of the molecule is N#CC1C2C=CC(C2)C1CBr. The van der Waals surface area contributed by atoms with E-state index in [1.807, 2.05) is 0 Å². The average molecular weight is 212 g/mol. The summed E-state index contributed by atoms with van der Waals surface area (Å²) >= 11 is 3.47.